The van der Waals surface area contributed by atoms with Crippen LogP contribution in [-0.2, 0) is 16.6 Å². The van der Waals surface area contributed by atoms with E-state index in [9.17, 15) is 13.7 Å². The van der Waals surface area contributed by atoms with Crippen molar-refractivity contribution in [3.05, 3.63) is 59.7 Å². The van der Waals surface area contributed by atoms with Gasteiger partial charge in [-0.2, -0.15) is 9.57 Å². The Hall–Kier alpha value is -2.40. The van der Waals surface area contributed by atoms with Gasteiger partial charge in [0.1, 0.15) is 11.8 Å². The first kappa shape index (κ1) is 18.4. The van der Waals surface area contributed by atoms with Gasteiger partial charge in [-0.05, 0) is 29.8 Å². The maximum Gasteiger partial charge on any atom is 0.244 e. The monoisotopic (exact) mass is 371 g/mol. The maximum absolute atomic E-state index is 12.8. The van der Waals surface area contributed by atoms with Crippen LogP contribution in [0.3, 0.4) is 0 Å². The van der Waals surface area contributed by atoms with Gasteiger partial charge in [-0.3, -0.25) is 4.90 Å². The third-order valence-corrected chi connectivity index (χ3v) is 6.48. The van der Waals surface area contributed by atoms with E-state index in [1.54, 1.807) is 19.2 Å². The van der Waals surface area contributed by atoms with E-state index >= 15 is 0 Å². The minimum absolute atomic E-state index is 0.0890. The molecule has 3 rings (SSSR count). The zero-order chi connectivity index (χ0) is 18.6. The average Bonchev–Trinajstić information content (AvgIpc) is 2.69. The third kappa shape index (κ3) is 3.88. The molecule has 0 atom stereocenters. The first-order chi connectivity index (χ1) is 12.5. The predicted molar refractivity (Wildman–Crippen MR) is 98.2 cm³/mol. The Morgan fingerprint density at radius 1 is 1.04 bits per heavy atom. The molecule has 26 heavy (non-hydrogen) atoms. The van der Waals surface area contributed by atoms with Crippen LogP contribution in [0.1, 0.15) is 11.1 Å². The molecule has 1 aliphatic rings. The molecule has 0 N–H and O–H groups in total. The molecule has 0 amide bonds. The minimum Gasteiger partial charge on any atom is -0.497 e. The Morgan fingerprint density at radius 2 is 1.69 bits per heavy atom. The predicted octanol–water partition coefficient (Wildman–Crippen LogP) is 2.07. The average molecular weight is 371 g/mol. The number of sulfonamides is 1. The summed E-state index contributed by atoms with van der Waals surface area (Å²) < 4.78 is 32.3. The number of hydrogen-bond acceptors (Lipinski definition) is 5. The van der Waals surface area contributed by atoms with Crippen LogP contribution in [0.5, 0.6) is 5.75 Å². The molecule has 6 nitrogen and oxygen atoms in total. The summed E-state index contributed by atoms with van der Waals surface area (Å²) in [5.41, 5.74) is 1.35. The van der Waals surface area contributed by atoms with Crippen LogP contribution in [-0.4, -0.2) is 50.9 Å². The van der Waals surface area contributed by atoms with Gasteiger partial charge in [0.15, 0.2) is 0 Å². The molecule has 0 spiro atoms. The molecular weight excluding hydrogens is 350 g/mol. The lowest BCUT2D eigenvalue weighted by Crippen LogP contribution is -2.48. The molecule has 0 unspecified atom stereocenters. The second-order valence-corrected chi connectivity index (χ2v) is 8.04. The smallest absolute Gasteiger partial charge is 0.244 e. The largest absolute Gasteiger partial charge is 0.497 e. The van der Waals surface area contributed by atoms with Gasteiger partial charge >= 0.3 is 0 Å². The number of nitrogens with zero attached hydrogens (tertiary/aromatic N) is 3. The molecule has 0 bridgehead atoms. The van der Waals surface area contributed by atoms with Crippen molar-refractivity contribution in [2.75, 3.05) is 33.3 Å². The van der Waals surface area contributed by atoms with Crippen molar-refractivity contribution in [3.63, 3.8) is 0 Å². The molecule has 0 aromatic heterocycles. The summed E-state index contributed by atoms with van der Waals surface area (Å²) in [5, 5.41) is 9.17. The molecule has 2 aromatic carbocycles. The van der Waals surface area contributed by atoms with Crippen molar-refractivity contribution < 1.29 is 13.2 Å². The van der Waals surface area contributed by atoms with E-state index in [1.165, 1.54) is 16.4 Å². The van der Waals surface area contributed by atoms with Crippen LogP contribution >= 0.6 is 0 Å². The standard InChI is InChI=1S/C19H21N3O3S/c1-25-18-8-6-16(7-9-18)15-21-10-12-22(13-11-21)26(23,24)19-5-3-2-4-17(19)14-20/h2-9H,10-13,15H2,1H3. The van der Waals surface area contributed by atoms with Gasteiger partial charge in [0, 0.05) is 32.7 Å². The lowest BCUT2D eigenvalue weighted by molar-refractivity contribution is 0.181. The fourth-order valence-electron chi connectivity index (χ4n) is 3.04. The lowest BCUT2D eigenvalue weighted by Gasteiger charge is -2.34. The van der Waals surface area contributed by atoms with E-state index in [0.717, 1.165) is 17.9 Å². The highest BCUT2D eigenvalue weighted by Gasteiger charge is 2.30. The lowest BCUT2D eigenvalue weighted by atomic mass is 10.2. The Labute approximate surface area is 154 Å². The minimum atomic E-state index is -3.64. The first-order valence-electron chi connectivity index (χ1n) is 8.39. The van der Waals surface area contributed by atoms with Crippen LogP contribution < -0.4 is 4.74 Å². The number of hydrogen-bond donors (Lipinski definition) is 0. The van der Waals surface area contributed by atoms with Gasteiger partial charge in [-0.1, -0.05) is 24.3 Å². The number of methoxy groups -OCH3 is 1. The summed E-state index contributed by atoms with van der Waals surface area (Å²) in [6.07, 6.45) is 0. The van der Waals surface area contributed by atoms with Crippen molar-refractivity contribution in [2.45, 2.75) is 11.4 Å². The molecule has 1 heterocycles. The molecule has 0 aliphatic carbocycles. The van der Waals surface area contributed by atoms with Gasteiger partial charge in [0.2, 0.25) is 10.0 Å². The van der Waals surface area contributed by atoms with Gasteiger partial charge in [0.25, 0.3) is 0 Å². The van der Waals surface area contributed by atoms with Gasteiger partial charge in [-0.25, -0.2) is 8.42 Å². The topological polar surface area (TPSA) is 73.6 Å². The van der Waals surface area contributed by atoms with Crippen molar-refractivity contribution in [2.24, 2.45) is 0 Å². The van der Waals surface area contributed by atoms with Crippen LogP contribution in [0.15, 0.2) is 53.4 Å². The van der Waals surface area contributed by atoms with Crippen LogP contribution in [0, 0.1) is 11.3 Å². The molecular formula is C19H21N3O3S. The maximum atomic E-state index is 12.8. The Morgan fingerprint density at radius 3 is 2.31 bits per heavy atom. The van der Waals surface area contributed by atoms with Gasteiger partial charge < -0.3 is 4.74 Å². The van der Waals surface area contributed by atoms with Crippen molar-refractivity contribution in [3.8, 4) is 11.8 Å². The molecule has 1 fully saturated rings. The number of rotatable bonds is 5. The second kappa shape index (κ2) is 7.87. The van der Waals surface area contributed by atoms with E-state index in [1.807, 2.05) is 30.3 Å². The van der Waals surface area contributed by atoms with Crippen molar-refractivity contribution >= 4 is 10.0 Å². The zero-order valence-corrected chi connectivity index (χ0v) is 15.4. The van der Waals surface area contributed by atoms with Crippen LogP contribution in [0.25, 0.3) is 0 Å². The van der Waals surface area contributed by atoms with Gasteiger partial charge in [-0.15, -0.1) is 0 Å². The number of ether oxygens (including phenoxy) is 1. The highest BCUT2D eigenvalue weighted by molar-refractivity contribution is 7.89. The molecule has 1 saturated heterocycles. The highest BCUT2D eigenvalue weighted by Crippen LogP contribution is 2.22. The molecule has 0 radical (unpaired) electrons. The van der Waals surface area contributed by atoms with Crippen molar-refractivity contribution in [1.29, 1.82) is 5.26 Å². The summed E-state index contributed by atoms with van der Waals surface area (Å²) in [6, 6.07) is 16.2. The molecule has 136 valence electrons. The summed E-state index contributed by atoms with van der Waals surface area (Å²) in [6.45, 7) is 2.91. The Bertz CT molecular complexity index is 896. The SMILES string of the molecule is COc1ccc(CN2CCN(S(=O)(=O)c3ccccc3C#N)CC2)cc1. The number of benzene rings is 2. The second-order valence-electron chi connectivity index (χ2n) is 6.14. The zero-order valence-electron chi connectivity index (χ0n) is 14.6. The van der Waals surface area contributed by atoms with E-state index in [0.29, 0.717) is 26.2 Å². The van der Waals surface area contributed by atoms with E-state index in [-0.39, 0.29) is 10.5 Å². The fraction of sp³-hybridized carbons (Fsp3) is 0.316. The number of nitriles is 1. The Kier molecular flexibility index (Phi) is 5.57. The molecule has 2 aromatic rings. The molecule has 0 saturated carbocycles. The van der Waals surface area contributed by atoms with Gasteiger partial charge in [0.05, 0.1) is 17.6 Å². The molecule has 7 heteroatoms. The Balaban J connectivity index is 1.65. The number of piperazine rings is 1. The summed E-state index contributed by atoms with van der Waals surface area (Å²) >= 11 is 0. The summed E-state index contributed by atoms with van der Waals surface area (Å²) in [7, 11) is -2.00. The van der Waals surface area contributed by atoms with E-state index < -0.39 is 10.0 Å². The third-order valence-electron chi connectivity index (χ3n) is 4.52. The molecule has 1 aliphatic heterocycles. The van der Waals surface area contributed by atoms with Crippen LogP contribution in [0.2, 0.25) is 0 Å². The quantitative estimate of drug-likeness (QED) is 0.804. The van der Waals surface area contributed by atoms with Crippen LogP contribution in [0.4, 0.5) is 0 Å². The normalized spacial score (nSPS) is 16.2. The van der Waals surface area contributed by atoms with E-state index in [4.69, 9.17) is 4.74 Å². The fourth-order valence-corrected chi connectivity index (χ4v) is 4.60. The van der Waals surface area contributed by atoms with Crippen molar-refractivity contribution in [1.82, 2.24) is 9.21 Å². The summed E-state index contributed by atoms with van der Waals surface area (Å²) in [4.78, 5) is 2.32. The first-order valence-corrected chi connectivity index (χ1v) is 9.83. The highest BCUT2D eigenvalue weighted by atomic mass is 32.2. The van der Waals surface area contributed by atoms with E-state index in [2.05, 4.69) is 4.90 Å². The summed E-state index contributed by atoms with van der Waals surface area (Å²) in [5.74, 6) is 0.820.